The van der Waals surface area contributed by atoms with E-state index in [0.717, 1.165) is 16.7 Å². The Hall–Kier alpha value is -3.75. The molecule has 0 spiro atoms. The third-order valence-electron chi connectivity index (χ3n) is 8.20. The number of hydrogen-bond acceptors (Lipinski definition) is 6. The zero-order valence-corrected chi connectivity index (χ0v) is 27.1. The van der Waals surface area contributed by atoms with Crippen LogP contribution in [0.2, 0.25) is 5.02 Å². The summed E-state index contributed by atoms with van der Waals surface area (Å²) in [4.78, 5) is 29.7. The number of rotatable bonds is 7. The summed E-state index contributed by atoms with van der Waals surface area (Å²) < 4.78 is 17.2. The minimum Gasteiger partial charge on any atom is -0.493 e. The Balaban J connectivity index is 1.46. The molecule has 1 N–H and O–H groups in total. The van der Waals surface area contributed by atoms with Crippen LogP contribution in [-0.2, 0) is 21.6 Å². The number of ether oxygens (including phenoxy) is 3. The van der Waals surface area contributed by atoms with Gasteiger partial charge in [0.15, 0.2) is 11.5 Å². The van der Waals surface area contributed by atoms with Gasteiger partial charge in [-0.05, 0) is 100 Å². The predicted molar refractivity (Wildman–Crippen MR) is 171 cm³/mol. The van der Waals surface area contributed by atoms with Gasteiger partial charge >= 0.3 is 6.09 Å². The van der Waals surface area contributed by atoms with E-state index in [9.17, 15) is 14.7 Å². The molecule has 2 amide bonds. The molecule has 234 valence electrons. The lowest BCUT2D eigenvalue weighted by molar-refractivity contribution is -0.118. The van der Waals surface area contributed by atoms with Gasteiger partial charge in [0.05, 0.1) is 31.3 Å². The van der Waals surface area contributed by atoms with Crippen molar-refractivity contribution in [1.29, 1.82) is 0 Å². The Morgan fingerprint density at radius 1 is 0.977 bits per heavy atom. The molecular formula is C35H41ClN2O6. The molecule has 1 saturated heterocycles. The largest absolute Gasteiger partial charge is 0.493 e. The van der Waals surface area contributed by atoms with Crippen molar-refractivity contribution in [2.75, 3.05) is 25.1 Å². The van der Waals surface area contributed by atoms with Gasteiger partial charge in [0, 0.05) is 29.7 Å². The fraction of sp³-hybridized carbons (Fsp3) is 0.429. The van der Waals surface area contributed by atoms with Crippen molar-refractivity contribution in [2.24, 2.45) is 5.92 Å². The van der Waals surface area contributed by atoms with Gasteiger partial charge in [-0.25, -0.2) is 4.79 Å². The standard InChI is InChI=1S/C35H41ClN2O6/c1-21(2)43-30-18-28-23(16-29(30)42-7)17-31(39)38(32(28)22-8-12-26(36)13-9-22)27-14-10-24(11-15-27)35(6,41)25-19-37(20-25)33(40)44-34(3,4)5/h8-16,18,21,25,32,41H,17,19-20H2,1-7H3. The molecule has 0 aliphatic carbocycles. The highest BCUT2D eigenvalue weighted by Crippen LogP contribution is 2.44. The van der Waals surface area contributed by atoms with E-state index in [0.29, 0.717) is 40.9 Å². The molecule has 0 bridgehead atoms. The van der Waals surface area contributed by atoms with E-state index in [1.54, 1.807) is 23.8 Å². The number of carbonyl (C=O) groups excluding carboxylic acids is 2. The van der Waals surface area contributed by atoms with E-state index >= 15 is 0 Å². The monoisotopic (exact) mass is 620 g/mol. The lowest BCUT2D eigenvalue weighted by Crippen LogP contribution is -2.58. The molecule has 0 saturated carbocycles. The van der Waals surface area contributed by atoms with Gasteiger partial charge in [-0.2, -0.15) is 0 Å². The maximum absolute atomic E-state index is 13.8. The van der Waals surface area contributed by atoms with E-state index < -0.39 is 17.2 Å². The fourth-order valence-corrected chi connectivity index (χ4v) is 5.96. The summed E-state index contributed by atoms with van der Waals surface area (Å²) in [6, 6.07) is 18.4. The summed E-state index contributed by atoms with van der Waals surface area (Å²) in [5, 5.41) is 12.1. The van der Waals surface area contributed by atoms with Crippen LogP contribution < -0.4 is 14.4 Å². The number of benzene rings is 3. The number of amides is 2. The van der Waals surface area contributed by atoms with Crippen LogP contribution in [0.5, 0.6) is 11.5 Å². The highest BCUT2D eigenvalue weighted by Gasteiger charge is 2.45. The topological polar surface area (TPSA) is 88.5 Å². The predicted octanol–water partition coefficient (Wildman–Crippen LogP) is 6.89. The minimum atomic E-state index is -1.18. The van der Waals surface area contributed by atoms with Gasteiger partial charge in [0.25, 0.3) is 0 Å². The molecule has 5 rings (SSSR count). The molecule has 3 aromatic carbocycles. The number of halogens is 1. The van der Waals surface area contributed by atoms with Crippen LogP contribution in [0.4, 0.5) is 10.5 Å². The van der Waals surface area contributed by atoms with E-state index in [1.807, 2.05) is 95.3 Å². The van der Waals surface area contributed by atoms with Crippen LogP contribution in [0.3, 0.4) is 0 Å². The molecule has 2 atom stereocenters. The number of likely N-dealkylation sites (tertiary alicyclic amines) is 1. The molecule has 2 unspecified atom stereocenters. The molecule has 3 aromatic rings. The normalized spacial score (nSPS) is 18.4. The molecule has 1 fully saturated rings. The quantitative estimate of drug-likeness (QED) is 0.309. The number of hydrogen-bond donors (Lipinski definition) is 1. The number of carbonyl (C=O) groups is 2. The maximum atomic E-state index is 13.8. The Kier molecular flexibility index (Phi) is 8.62. The number of fused-ring (bicyclic) bond motifs is 1. The van der Waals surface area contributed by atoms with Crippen LogP contribution in [0.25, 0.3) is 0 Å². The molecule has 2 aliphatic heterocycles. The fourth-order valence-electron chi connectivity index (χ4n) is 5.83. The number of methoxy groups -OCH3 is 1. The summed E-state index contributed by atoms with van der Waals surface area (Å²) in [6.07, 6.45) is -0.249. The SMILES string of the molecule is COc1cc2c(cc1OC(C)C)C(c1ccc(Cl)cc1)N(c1ccc(C(C)(O)C3CN(C(=O)OC(C)(C)C)C3)cc1)C(=O)C2. The zero-order valence-electron chi connectivity index (χ0n) is 26.4. The molecule has 0 aromatic heterocycles. The Labute approximate surface area is 264 Å². The molecule has 2 heterocycles. The number of nitrogens with zero attached hydrogens (tertiary/aromatic N) is 2. The first-order valence-electron chi connectivity index (χ1n) is 14.9. The molecule has 9 heteroatoms. The van der Waals surface area contributed by atoms with Crippen molar-refractivity contribution in [2.45, 2.75) is 71.3 Å². The summed E-state index contributed by atoms with van der Waals surface area (Å²) in [7, 11) is 1.59. The molecule has 2 aliphatic rings. The summed E-state index contributed by atoms with van der Waals surface area (Å²) in [5.41, 5.74) is 2.37. The second kappa shape index (κ2) is 12.0. The lowest BCUT2D eigenvalue weighted by Gasteiger charge is -2.46. The minimum absolute atomic E-state index is 0.0653. The Morgan fingerprint density at radius 2 is 1.61 bits per heavy atom. The van der Waals surface area contributed by atoms with Gasteiger partial charge in [-0.3, -0.25) is 4.79 Å². The van der Waals surface area contributed by atoms with E-state index in [1.165, 1.54) is 0 Å². The molecule has 8 nitrogen and oxygen atoms in total. The summed E-state index contributed by atoms with van der Waals surface area (Å²) >= 11 is 6.24. The first-order chi connectivity index (χ1) is 20.7. The highest BCUT2D eigenvalue weighted by molar-refractivity contribution is 6.30. The van der Waals surface area contributed by atoms with Crippen molar-refractivity contribution in [3.05, 3.63) is 87.9 Å². The van der Waals surface area contributed by atoms with Crippen molar-refractivity contribution in [3.8, 4) is 11.5 Å². The van der Waals surface area contributed by atoms with E-state index in [2.05, 4.69) is 0 Å². The zero-order chi connectivity index (χ0) is 32.0. The van der Waals surface area contributed by atoms with Crippen molar-refractivity contribution >= 4 is 29.3 Å². The molecular weight excluding hydrogens is 580 g/mol. The van der Waals surface area contributed by atoms with Gasteiger partial charge in [0.2, 0.25) is 5.91 Å². The average molecular weight is 621 g/mol. The van der Waals surface area contributed by atoms with Crippen molar-refractivity contribution in [1.82, 2.24) is 4.90 Å². The van der Waals surface area contributed by atoms with Gasteiger partial charge in [0.1, 0.15) is 5.60 Å². The molecule has 44 heavy (non-hydrogen) atoms. The summed E-state index contributed by atoms with van der Waals surface area (Å²) in [6.45, 7) is 12.0. The maximum Gasteiger partial charge on any atom is 0.410 e. The Bertz CT molecular complexity index is 1520. The van der Waals surface area contributed by atoms with Gasteiger partial charge < -0.3 is 29.1 Å². The van der Waals surface area contributed by atoms with Crippen LogP contribution in [0, 0.1) is 5.92 Å². The average Bonchev–Trinajstić information content (AvgIpc) is 2.90. The number of aliphatic hydroxyl groups is 1. The van der Waals surface area contributed by atoms with Gasteiger partial charge in [-0.1, -0.05) is 35.9 Å². The third kappa shape index (κ3) is 6.37. The third-order valence-corrected chi connectivity index (χ3v) is 8.45. The van der Waals surface area contributed by atoms with Crippen LogP contribution >= 0.6 is 11.6 Å². The van der Waals surface area contributed by atoms with Crippen LogP contribution in [0.1, 0.15) is 69.8 Å². The van der Waals surface area contributed by atoms with Crippen LogP contribution in [-0.4, -0.2) is 53.9 Å². The van der Waals surface area contributed by atoms with Crippen molar-refractivity contribution < 1.29 is 28.9 Å². The van der Waals surface area contributed by atoms with E-state index in [4.69, 9.17) is 25.8 Å². The van der Waals surface area contributed by atoms with Gasteiger partial charge in [-0.15, -0.1) is 0 Å². The second-order valence-electron chi connectivity index (χ2n) is 13.0. The Morgan fingerprint density at radius 3 is 2.18 bits per heavy atom. The first kappa shape index (κ1) is 31.7. The first-order valence-corrected chi connectivity index (χ1v) is 15.3. The second-order valence-corrected chi connectivity index (χ2v) is 13.5. The number of anilines is 1. The van der Waals surface area contributed by atoms with E-state index in [-0.39, 0.29) is 30.4 Å². The van der Waals surface area contributed by atoms with Crippen LogP contribution in [0.15, 0.2) is 60.7 Å². The van der Waals surface area contributed by atoms with Crippen molar-refractivity contribution in [3.63, 3.8) is 0 Å². The highest BCUT2D eigenvalue weighted by atomic mass is 35.5. The smallest absolute Gasteiger partial charge is 0.410 e. The summed E-state index contributed by atoms with van der Waals surface area (Å²) in [5.74, 6) is 0.979. The molecule has 0 radical (unpaired) electrons. The lowest BCUT2D eigenvalue weighted by atomic mass is 9.78.